The van der Waals surface area contributed by atoms with Gasteiger partial charge in [-0.25, -0.2) is 4.98 Å². The first-order valence-corrected chi connectivity index (χ1v) is 10.3. The van der Waals surface area contributed by atoms with Crippen LogP contribution in [0.15, 0.2) is 41.5 Å². The van der Waals surface area contributed by atoms with Gasteiger partial charge in [0.25, 0.3) is 11.5 Å². The molecule has 0 radical (unpaired) electrons. The third-order valence-corrected chi connectivity index (χ3v) is 5.91. The number of rotatable bonds is 5. The van der Waals surface area contributed by atoms with Gasteiger partial charge in [0, 0.05) is 30.1 Å². The molecular formula is C22H28N4O2. The molecular weight excluding hydrogens is 352 g/mol. The second kappa shape index (κ2) is 8.69. The summed E-state index contributed by atoms with van der Waals surface area (Å²) in [6.45, 7) is 3.32. The second-order valence-electron chi connectivity index (χ2n) is 8.06. The van der Waals surface area contributed by atoms with Crippen LogP contribution in [-0.2, 0) is 6.54 Å². The van der Waals surface area contributed by atoms with Gasteiger partial charge in [-0.3, -0.25) is 14.5 Å². The molecule has 1 aromatic heterocycles. The van der Waals surface area contributed by atoms with Crippen LogP contribution in [0.3, 0.4) is 0 Å². The molecule has 0 bridgehead atoms. The molecule has 2 N–H and O–H groups in total. The van der Waals surface area contributed by atoms with Gasteiger partial charge in [-0.15, -0.1) is 0 Å². The number of nitrogens with one attached hydrogen (secondary N) is 2. The maximum Gasteiger partial charge on any atom is 0.251 e. The van der Waals surface area contributed by atoms with Gasteiger partial charge in [0.2, 0.25) is 0 Å². The van der Waals surface area contributed by atoms with Crippen molar-refractivity contribution in [3.63, 3.8) is 0 Å². The zero-order valence-corrected chi connectivity index (χ0v) is 16.2. The van der Waals surface area contributed by atoms with E-state index in [0.29, 0.717) is 5.56 Å². The van der Waals surface area contributed by atoms with E-state index in [0.717, 1.165) is 25.1 Å². The van der Waals surface area contributed by atoms with Crippen LogP contribution < -0.4 is 10.9 Å². The minimum absolute atomic E-state index is 0.0244. The topological polar surface area (TPSA) is 78.1 Å². The molecule has 2 aliphatic rings. The molecule has 0 atom stereocenters. The molecule has 0 spiro atoms. The van der Waals surface area contributed by atoms with Crippen molar-refractivity contribution in [3.8, 4) is 0 Å². The van der Waals surface area contributed by atoms with Crippen LogP contribution >= 0.6 is 0 Å². The Kier molecular flexibility index (Phi) is 5.86. The minimum Gasteiger partial charge on any atom is -0.349 e. The molecule has 2 aromatic rings. The number of hydrogen-bond acceptors (Lipinski definition) is 4. The molecule has 1 aromatic carbocycles. The number of amides is 1. The summed E-state index contributed by atoms with van der Waals surface area (Å²) >= 11 is 0. The monoisotopic (exact) mass is 380 g/mol. The largest absolute Gasteiger partial charge is 0.349 e. The van der Waals surface area contributed by atoms with Crippen LogP contribution in [0.25, 0.3) is 0 Å². The molecule has 148 valence electrons. The molecule has 1 saturated heterocycles. The van der Waals surface area contributed by atoms with Crippen molar-refractivity contribution in [2.24, 2.45) is 0 Å². The molecule has 28 heavy (non-hydrogen) atoms. The summed E-state index contributed by atoms with van der Waals surface area (Å²) in [4.78, 5) is 33.2. The van der Waals surface area contributed by atoms with Crippen molar-refractivity contribution in [1.29, 1.82) is 0 Å². The van der Waals surface area contributed by atoms with Crippen LogP contribution in [0.1, 0.15) is 66.1 Å². The molecule has 1 aliphatic carbocycles. The van der Waals surface area contributed by atoms with Gasteiger partial charge in [0.15, 0.2) is 0 Å². The molecule has 1 amide bonds. The first-order chi connectivity index (χ1) is 13.7. The Hall–Kier alpha value is -2.47. The fraction of sp³-hybridized carbons (Fsp3) is 0.500. The van der Waals surface area contributed by atoms with Crippen molar-refractivity contribution >= 4 is 5.91 Å². The average Bonchev–Trinajstić information content (AvgIpc) is 2.93. The lowest BCUT2D eigenvalue weighted by Crippen LogP contribution is -2.43. The van der Waals surface area contributed by atoms with Crippen LogP contribution in [-0.4, -0.2) is 39.9 Å². The zero-order chi connectivity index (χ0) is 19.3. The summed E-state index contributed by atoms with van der Waals surface area (Å²) in [6.07, 6.45) is 8.36. The van der Waals surface area contributed by atoms with Crippen LogP contribution in [0, 0.1) is 0 Å². The van der Waals surface area contributed by atoms with Gasteiger partial charge in [-0.1, -0.05) is 25.0 Å². The van der Waals surface area contributed by atoms with Crippen LogP contribution in [0.5, 0.6) is 0 Å². The maximum absolute atomic E-state index is 12.5. The minimum atomic E-state index is -0.127. The number of carbonyl (C=O) groups excluding carboxylic acids is 1. The van der Waals surface area contributed by atoms with E-state index >= 15 is 0 Å². The molecule has 0 unspecified atom stereocenters. The van der Waals surface area contributed by atoms with Gasteiger partial charge in [0.05, 0.1) is 12.0 Å². The highest BCUT2D eigenvalue weighted by Crippen LogP contribution is 2.35. The Morgan fingerprint density at radius 1 is 1.11 bits per heavy atom. The number of H-pyrrole nitrogens is 1. The Labute approximate surface area is 165 Å². The van der Waals surface area contributed by atoms with Crippen LogP contribution in [0.4, 0.5) is 0 Å². The fourth-order valence-electron chi connectivity index (χ4n) is 4.17. The highest BCUT2D eigenvalue weighted by molar-refractivity contribution is 5.94. The number of likely N-dealkylation sites (tertiary alicyclic amines) is 1. The van der Waals surface area contributed by atoms with E-state index in [9.17, 15) is 9.59 Å². The highest BCUT2D eigenvalue weighted by atomic mass is 16.1. The number of aromatic nitrogens is 2. The Balaban J connectivity index is 1.26. The van der Waals surface area contributed by atoms with E-state index in [2.05, 4.69) is 32.3 Å². The lowest BCUT2D eigenvalue weighted by Gasteiger charge is -2.35. The Bertz CT molecular complexity index is 847. The van der Waals surface area contributed by atoms with Gasteiger partial charge < -0.3 is 10.3 Å². The van der Waals surface area contributed by atoms with Crippen molar-refractivity contribution < 1.29 is 4.79 Å². The van der Waals surface area contributed by atoms with E-state index < -0.39 is 0 Å². The molecule has 6 heteroatoms. The van der Waals surface area contributed by atoms with Crippen molar-refractivity contribution in [3.05, 3.63) is 63.8 Å². The summed E-state index contributed by atoms with van der Waals surface area (Å²) in [5.41, 5.74) is 2.66. The Morgan fingerprint density at radius 2 is 1.82 bits per heavy atom. The third kappa shape index (κ3) is 4.68. The summed E-state index contributed by atoms with van der Waals surface area (Å²) in [7, 11) is 0. The van der Waals surface area contributed by atoms with Crippen molar-refractivity contribution in [2.45, 2.75) is 57.0 Å². The molecule has 4 rings (SSSR count). The predicted octanol–water partition coefficient (Wildman–Crippen LogP) is 2.82. The first kappa shape index (κ1) is 18.9. The fourth-order valence-corrected chi connectivity index (χ4v) is 4.17. The quantitative estimate of drug-likeness (QED) is 0.836. The van der Waals surface area contributed by atoms with Crippen molar-refractivity contribution in [2.75, 3.05) is 13.1 Å². The molecule has 1 aliphatic heterocycles. The van der Waals surface area contributed by atoms with E-state index in [1.54, 1.807) is 6.07 Å². The van der Waals surface area contributed by atoms with Crippen molar-refractivity contribution in [1.82, 2.24) is 20.2 Å². The van der Waals surface area contributed by atoms with Gasteiger partial charge >= 0.3 is 0 Å². The zero-order valence-electron chi connectivity index (χ0n) is 16.2. The maximum atomic E-state index is 12.5. The average molecular weight is 380 g/mol. The number of hydrogen-bond donors (Lipinski definition) is 2. The standard InChI is InChI=1S/C22H28N4O2/c27-21-13-20(23-15-24-21)18-11-19(12-18)25-22(28)17-7-5-16(6-8-17)14-26-9-3-1-2-4-10-26/h5-8,13,15,18-19H,1-4,9-12,14H2,(H,25,28)(H,23,24,27). The lowest BCUT2D eigenvalue weighted by atomic mass is 9.78. The summed E-state index contributed by atoms with van der Waals surface area (Å²) in [5.74, 6) is 0.229. The highest BCUT2D eigenvalue weighted by Gasteiger charge is 2.32. The number of aromatic amines is 1. The van der Waals surface area contributed by atoms with Gasteiger partial charge in [0.1, 0.15) is 0 Å². The summed E-state index contributed by atoms with van der Waals surface area (Å²) in [5, 5.41) is 3.09. The van der Waals surface area contributed by atoms with Gasteiger partial charge in [-0.2, -0.15) is 0 Å². The van der Waals surface area contributed by atoms with E-state index in [1.165, 1.54) is 50.7 Å². The first-order valence-electron chi connectivity index (χ1n) is 10.3. The van der Waals surface area contributed by atoms with Gasteiger partial charge in [-0.05, 0) is 56.5 Å². The van der Waals surface area contributed by atoms with E-state index in [1.807, 2.05) is 12.1 Å². The number of benzene rings is 1. The lowest BCUT2D eigenvalue weighted by molar-refractivity contribution is 0.0908. The molecule has 2 heterocycles. The number of nitrogens with zero attached hydrogens (tertiary/aromatic N) is 2. The normalized spacial score (nSPS) is 22.9. The molecule has 1 saturated carbocycles. The van der Waals surface area contributed by atoms with Crippen LogP contribution in [0.2, 0.25) is 0 Å². The summed E-state index contributed by atoms with van der Waals surface area (Å²) in [6, 6.07) is 9.70. The molecule has 2 fully saturated rings. The number of carbonyl (C=O) groups is 1. The molecule has 6 nitrogen and oxygen atoms in total. The Morgan fingerprint density at radius 3 is 2.50 bits per heavy atom. The summed E-state index contributed by atoms with van der Waals surface area (Å²) < 4.78 is 0. The second-order valence-corrected chi connectivity index (χ2v) is 8.06. The third-order valence-electron chi connectivity index (χ3n) is 5.91. The van der Waals surface area contributed by atoms with E-state index in [-0.39, 0.29) is 23.4 Å². The smallest absolute Gasteiger partial charge is 0.251 e. The predicted molar refractivity (Wildman–Crippen MR) is 108 cm³/mol. The SMILES string of the molecule is O=C(NC1CC(c2cc(=O)[nH]cn2)C1)c1ccc(CN2CCCCCC2)cc1. The van der Waals surface area contributed by atoms with E-state index in [4.69, 9.17) is 0 Å².